The van der Waals surface area contributed by atoms with Crippen LogP contribution in [-0.2, 0) is 14.3 Å². The number of rotatable bonds is 10. The van der Waals surface area contributed by atoms with Crippen molar-refractivity contribution >= 4 is 17.8 Å². The number of alkyl carbamates (subject to hydrolysis) is 1. The molecule has 1 heterocycles. The molecular weight excluding hydrogens is 472 g/mol. The van der Waals surface area contributed by atoms with Crippen molar-refractivity contribution in [3.05, 3.63) is 77.2 Å². The number of nitrogens with zero attached hydrogens (tertiary/aromatic N) is 1. The van der Waals surface area contributed by atoms with E-state index in [-0.39, 0.29) is 24.6 Å². The summed E-state index contributed by atoms with van der Waals surface area (Å²) in [7, 11) is 0. The summed E-state index contributed by atoms with van der Waals surface area (Å²) < 4.78 is 16.4. The molecule has 196 valence electrons. The van der Waals surface area contributed by atoms with Crippen LogP contribution in [0, 0.1) is 6.92 Å². The minimum absolute atomic E-state index is 0.168. The molecule has 37 heavy (non-hydrogen) atoms. The lowest BCUT2D eigenvalue weighted by Crippen LogP contribution is -2.36. The summed E-state index contributed by atoms with van der Waals surface area (Å²) in [5.74, 6) is -0.425. The summed E-state index contributed by atoms with van der Waals surface area (Å²) >= 11 is 0. The number of nitrogens with one attached hydrogen (secondary N) is 1. The van der Waals surface area contributed by atoms with Crippen LogP contribution in [0.2, 0.25) is 0 Å². The SMILES string of the molecule is CCCCOC(=O)C[C@H](NC(=O)OC(C)(C)C)c1onc(C)c1-c1ccccc1C(=O)c1ccccc1. The predicted molar refractivity (Wildman–Crippen MR) is 139 cm³/mol. The van der Waals surface area contributed by atoms with E-state index in [9.17, 15) is 14.4 Å². The van der Waals surface area contributed by atoms with Gasteiger partial charge in [-0.15, -0.1) is 0 Å². The molecule has 3 aromatic rings. The van der Waals surface area contributed by atoms with Gasteiger partial charge in [0.05, 0.1) is 24.3 Å². The molecule has 2 aromatic carbocycles. The lowest BCUT2D eigenvalue weighted by atomic mass is 9.91. The van der Waals surface area contributed by atoms with Crippen molar-refractivity contribution in [1.82, 2.24) is 10.5 Å². The van der Waals surface area contributed by atoms with E-state index >= 15 is 0 Å². The highest BCUT2D eigenvalue weighted by atomic mass is 16.6. The van der Waals surface area contributed by atoms with Crippen molar-refractivity contribution in [1.29, 1.82) is 0 Å². The number of aryl methyl sites for hydroxylation is 1. The van der Waals surface area contributed by atoms with Crippen LogP contribution in [-0.4, -0.2) is 35.2 Å². The number of ether oxygens (including phenoxy) is 2. The van der Waals surface area contributed by atoms with E-state index in [1.165, 1.54) is 0 Å². The summed E-state index contributed by atoms with van der Waals surface area (Å²) in [6.07, 6.45) is 0.703. The van der Waals surface area contributed by atoms with Crippen molar-refractivity contribution in [2.75, 3.05) is 6.61 Å². The Bertz CT molecular complexity index is 1230. The molecule has 0 radical (unpaired) electrons. The number of ketones is 1. The number of amides is 1. The average molecular weight is 507 g/mol. The molecule has 0 aliphatic rings. The highest BCUT2D eigenvalue weighted by molar-refractivity contribution is 6.13. The molecule has 1 atom stereocenters. The molecule has 0 saturated carbocycles. The van der Waals surface area contributed by atoms with Gasteiger partial charge in [0.25, 0.3) is 0 Å². The Morgan fingerprint density at radius 2 is 1.70 bits per heavy atom. The highest BCUT2D eigenvalue weighted by Crippen LogP contribution is 2.36. The number of unbranched alkanes of at least 4 members (excludes halogenated alkanes) is 1. The molecule has 1 amide bonds. The maximum absolute atomic E-state index is 13.4. The lowest BCUT2D eigenvalue weighted by Gasteiger charge is -2.23. The molecular formula is C29H34N2O6. The molecule has 1 aromatic heterocycles. The van der Waals surface area contributed by atoms with Crippen LogP contribution in [0.25, 0.3) is 11.1 Å². The molecule has 8 nitrogen and oxygen atoms in total. The van der Waals surface area contributed by atoms with E-state index in [0.29, 0.717) is 27.9 Å². The molecule has 3 rings (SSSR count). The zero-order valence-corrected chi connectivity index (χ0v) is 22.0. The molecule has 0 unspecified atom stereocenters. The highest BCUT2D eigenvalue weighted by Gasteiger charge is 2.31. The first kappa shape index (κ1) is 27.6. The van der Waals surface area contributed by atoms with Crippen LogP contribution in [0.3, 0.4) is 0 Å². The van der Waals surface area contributed by atoms with Gasteiger partial charge in [-0.1, -0.05) is 73.1 Å². The van der Waals surface area contributed by atoms with Crippen LogP contribution in [0.4, 0.5) is 4.79 Å². The van der Waals surface area contributed by atoms with Gasteiger partial charge in [0.2, 0.25) is 0 Å². The fraction of sp³-hybridized carbons (Fsp3) is 0.379. The molecule has 0 aliphatic heterocycles. The first-order valence-electron chi connectivity index (χ1n) is 12.4. The summed E-state index contributed by atoms with van der Waals surface area (Å²) in [5.41, 5.74) is 1.86. The smallest absolute Gasteiger partial charge is 0.408 e. The van der Waals surface area contributed by atoms with Gasteiger partial charge >= 0.3 is 12.1 Å². The van der Waals surface area contributed by atoms with Crippen LogP contribution < -0.4 is 5.32 Å². The van der Waals surface area contributed by atoms with Crippen molar-refractivity contribution < 1.29 is 28.4 Å². The van der Waals surface area contributed by atoms with Gasteiger partial charge in [-0.3, -0.25) is 9.59 Å². The molecule has 0 aliphatic carbocycles. The van der Waals surface area contributed by atoms with Crippen molar-refractivity contribution in [3.63, 3.8) is 0 Å². The number of hydrogen-bond acceptors (Lipinski definition) is 7. The Balaban J connectivity index is 2.02. The average Bonchev–Trinajstić information content (AvgIpc) is 3.24. The second kappa shape index (κ2) is 12.3. The summed E-state index contributed by atoms with van der Waals surface area (Å²) in [4.78, 5) is 38.7. The van der Waals surface area contributed by atoms with Crippen LogP contribution >= 0.6 is 0 Å². The number of carbonyl (C=O) groups is 3. The first-order chi connectivity index (χ1) is 17.6. The molecule has 0 saturated heterocycles. The predicted octanol–water partition coefficient (Wildman–Crippen LogP) is 6.18. The standard InChI is InChI=1S/C29H34N2O6/c1-6-7-17-35-24(32)18-23(30-28(34)36-29(3,4)5)27-25(19(2)31-37-27)21-15-11-12-16-22(21)26(33)20-13-9-8-10-14-20/h8-16,23H,6-7,17-18H2,1-5H3,(H,30,34)/t23-/m0/s1. The van der Waals surface area contributed by atoms with E-state index in [0.717, 1.165) is 12.8 Å². The van der Waals surface area contributed by atoms with Crippen molar-refractivity contribution in [2.24, 2.45) is 0 Å². The number of benzene rings is 2. The van der Waals surface area contributed by atoms with E-state index < -0.39 is 23.7 Å². The molecule has 8 heteroatoms. The molecule has 0 spiro atoms. The van der Waals surface area contributed by atoms with Gasteiger partial charge in [0.15, 0.2) is 11.5 Å². The Labute approximate surface area is 217 Å². The minimum atomic E-state index is -0.931. The maximum Gasteiger partial charge on any atom is 0.408 e. The number of carbonyl (C=O) groups excluding carboxylic acids is 3. The number of aromatic nitrogens is 1. The van der Waals surface area contributed by atoms with Gasteiger partial charge < -0.3 is 19.3 Å². The van der Waals surface area contributed by atoms with Gasteiger partial charge in [-0.05, 0) is 39.7 Å². The second-order valence-electron chi connectivity index (χ2n) is 9.72. The van der Waals surface area contributed by atoms with Crippen molar-refractivity contribution in [2.45, 2.75) is 65.5 Å². The third-order valence-corrected chi connectivity index (χ3v) is 5.51. The lowest BCUT2D eigenvalue weighted by molar-refractivity contribution is -0.144. The monoisotopic (exact) mass is 506 g/mol. The largest absolute Gasteiger partial charge is 0.466 e. The van der Waals surface area contributed by atoms with E-state index in [2.05, 4.69) is 10.5 Å². The summed E-state index contributed by atoms with van der Waals surface area (Å²) in [6, 6.07) is 15.1. The fourth-order valence-corrected chi connectivity index (χ4v) is 3.81. The van der Waals surface area contributed by atoms with Gasteiger partial charge in [-0.25, -0.2) is 4.79 Å². The van der Waals surface area contributed by atoms with Crippen LogP contribution in [0.5, 0.6) is 0 Å². The zero-order chi connectivity index (χ0) is 27.0. The summed E-state index contributed by atoms with van der Waals surface area (Å²) in [5, 5.41) is 6.86. The first-order valence-corrected chi connectivity index (χ1v) is 12.4. The maximum atomic E-state index is 13.4. The van der Waals surface area contributed by atoms with Gasteiger partial charge in [0, 0.05) is 11.1 Å². The molecule has 1 N–H and O–H groups in total. The van der Waals surface area contributed by atoms with Crippen molar-refractivity contribution in [3.8, 4) is 11.1 Å². The van der Waals surface area contributed by atoms with E-state index in [1.807, 2.05) is 19.1 Å². The minimum Gasteiger partial charge on any atom is -0.466 e. The topological polar surface area (TPSA) is 108 Å². The Kier molecular flexibility index (Phi) is 9.22. The van der Waals surface area contributed by atoms with E-state index in [4.69, 9.17) is 14.0 Å². The Morgan fingerprint density at radius 3 is 2.38 bits per heavy atom. The van der Waals surface area contributed by atoms with Crippen LogP contribution in [0.15, 0.2) is 59.1 Å². The van der Waals surface area contributed by atoms with E-state index in [1.54, 1.807) is 70.2 Å². The quantitative estimate of drug-likeness (QED) is 0.199. The molecule has 0 fully saturated rings. The molecule has 0 bridgehead atoms. The third-order valence-electron chi connectivity index (χ3n) is 5.51. The number of esters is 1. The normalized spacial score (nSPS) is 12.0. The summed E-state index contributed by atoms with van der Waals surface area (Å²) in [6.45, 7) is 9.27. The zero-order valence-electron chi connectivity index (χ0n) is 22.0. The number of hydrogen-bond donors (Lipinski definition) is 1. The fourth-order valence-electron chi connectivity index (χ4n) is 3.81. The Hall–Kier alpha value is -3.94. The van der Waals surface area contributed by atoms with Crippen LogP contribution in [0.1, 0.15) is 80.4 Å². The van der Waals surface area contributed by atoms with Gasteiger partial charge in [0.1, 0.15) is 11.6 Å². The Morgan fingerprint density at radius 1 is 1.03 bits per heavy atom. The van der Waals surface area contributed by atoms with Gasteiger partial charge in [-0.2, -0.15) is 0 Å². The second-order valence-corrected chi connectivity index (χ2v) is 9.72. The third kappa shape index (κ3) is 7.52.